The zero-order valence-electron chi connectivity index (χ0n) is 12.2. The monoisotopic (exact) mass is 334 g/mol. The highest BCUT2D eigenvalue weighted by molar-refractivity contribution is 7.80. The normalized spacial score (nSPS) is 19.4. The highest BCUT2D eigenvalue weighted by Crippen LogP contribution is 2.25. The number of aromatic nitrogens is 4. The van der Waals surface area contributed by atoms with Gasteiger partial charge in [-0.3, -0.25) is 0 Å². The Morgan fingerprint density at radius 3 is 2.77 bits per heavy atom. The van der Waals surface area contributed by atoms with Crippen molar-refractivity contribution in [1.29, 1.82) is 0 Å². The van der Waals surface area contributed by atoms with E-state index in [0.29, 0.717) is 12.1 Å². The third-order valence-electron chi connectivity index (χ3n) is 4.15. The Kier molecular flexibility index (Phi) is 3.79. The van der Waals surface area contributed by atoms with Crippen LogP contribution in [0.3, 0.4) is 0 Å². The summed E-state index contributed by atoms with van der Waals surface area (Å²) >= 11 is 7.11. The average molecular weight is 334 g/mol. The molecule has 3 heterocycles. The van der Waals surface area contributed by atoms with Gasteiger partial charge in [0.1, 0.15) is 0 Å². The van der Waals surface area contributed by atoms with Crippen molar-refractivity contribution in [2.75, 3.05) is 13.1 Å². The zero-order valence-corrected chi connectivity index (χ0v) is 13.8. The number of hydrogen-bond acceptors (Lipinski definition) is 5. The molecule has 0 amide bonds. The first-order valence-electron chi connectivity index (χ1n) is 7.68. The minimum atomic E-state index is 0.321. The lowest BCUT2D eigenvalue weighted by molar-refractivity contribution is 0.234. The molecule has 1 aliphatic heterocycles. The summed E-state index contributed by atoms with van der Waals surface area (Å²) in [6.07, 6.45) is 4.52. The molecule has 0 atom stereocenters. The molecule has 4 rings (SSSR count). The van der Waals surface area contributed by atoms with Crippen molar-refractivity contribution in [2.24, 2.45) is 0 Å². The van der Waals surface area contributed by atoms with E-state index in [9.17, 15) is 0 Å². The van der Waals surface area contributed by atoms with Gasteiger partial charge in [-0.25, -0.2) is 0 Å². The van der Waals surface area contributed by atoms with E-state index in [1.807, 2.05) is 17.5 Å². The third-order valence-corrected chi connectivity index (χ3v) is 5.39. The van der Waals surface area contributed by atoms with Crippen LogP contribution in [0.5, 0.6) is 0 Å². The number of piperidine rings is 1. The number of nitrogens with zero attached hydrogens (tertiary/aromatic N) is 5. The molecular formula is C14H18N6S2. The maximum atomic E-state index is 5.47. The van der Waals surface area contributed by atoms with Gasteiger partial charge in [0, 0.05) is 19.1 Å². The molecule has 2 fully saturated rings. The van der Waals surface area contributed by atoms with Crippen LogP contribution < -0.4 is 5.32 Å². The van der Waals surface area contributed by atoms with Crippen LogP contribution >= 0.6 is 23.6 Å². The Morgan fingerprint density at radius 1 is 1.27 bits per heavy atom. The van der Waals surface area contributed by atoms with Crippen LogP contribution in [0.2, 0.25) is 0 Å². The van der Waals surface area contributed by atoms with Gasteiger partial charge >= 0.3 is 0 Å². The van der Waals surface area contributed by atoms with Gasteiger partial charge in [0.15, 0.2) is 5.11 Å². The largest absolute Gasteiger partial charge is 0.360 e. The predicted molar refractivity (Wildman–Crippen MR) is 89.7 cm³/mol. The second kappa shape index (κ2) is 5.92. The van der Waals surface area contributed by atoms with E-state index in [1.54, 1.807) is 16.1 Å². The van der Waals surface area contributed by atoms with Gasteiger partial charge in [-0.2, -0.15) is 4.80 Å². The summed E-state index contributed by atoms with van der Waals surface area (Å²) in [5.41, 5.74) is 0. The standard InChI is InChI=1S/C14H18N6S2/c21-14(15-10-3-4-10)19-7-5-11(6-8-19)20-17-13(16-18-20)12-2-1-9-22-12/h1-2,9-11H,3-8H2,(H,15,21). The van der Waals surface area contributed by atoms with Crippen molar-refractivity contribution in [1.82, 2.24) is 30.4 Å². The SMILES string of the molecule is S=C(NC1CC1)N1CCC(n2nnc(-c3cccs3)n2)CC1. The highest BCUT2D eigenvalue weighted by atomic mass is 32.1. The number of hydrogen-bond donors (Lipinski definition) is 1. The lowest BCUT2D eigenvalue weighted by Crippen LogP contribution is -2.45. The number of thiocarbonyl (C=S) groups is 1. The molecule has 0 unspecified atom stereocenters. The number of nitrogens with one attached hydrogen (secondary N) is 1. The van der Waals surface area contributed by atoms with E-state index in [0.717, 1.165) is 41.7 Å². The second-order valence-electron chi connectivity index (χ2n) is 5.85. The van der Waals surface area contributed by atoms with E-state index in [1.165, 1.54) is 12.8 Å². The molecule has 2 aliphatic rings. The van der Waals surface area contributed by atoms with E-state index >= 15 is 0 Å². The van der Waals surface area contributed by atoms with Crippen molar-refractivity contribution in [2.45, 2.75) is 37.8 Å². The van der Waals surface area contributed by atoms with Gasteiger partial charge < -0.3 is 10.2 Å². The molecule has 2 aromatic heterocycles. The summed E-state index contributed by atoms with van der Waals surface area (Å²) in [4.78, 5) is 5.11. The molecule has 2 aromatic rings. The van der Waals surface area contributed by atoms with Crippen molar-refractivity contribution >= 4 is 28.7 Å². The summed E-state index contributed by atoms with van der Waals surface area (Å²) in [6, 6.07) is 4.97. The Bertz CT molecular complexity index is 640. The summed E-state index contributed by atoms with van der Waals surface area (Å²) in [6.45, 7) is 1.91. The van der Waals surface area contributed by atoms with Crippen LogP contribution in [0.25, 0.3) is 10.7 Å². The molecule has 116 valence electrons. The van der Waals surface area contributed by atoms with Crippen LogP contribution in [0.4, 0.5) is 0 Å². The second-order valence-corrected chi connectivity index (χ2v) is 7.19. The van der Waals surface area contributed by atoms with E-state index in [4.69, 9.17) is 12.2 Å². The number of rotatable bonds is 3. The first-order valence-corrected chi connectivity index (χ1v) is 8.97. The molecule has 0 aromatic carbocycles. The summed E-state index contributed by atoms with van der Waals surface area (Å²) < 4.78 is 0. The van der Waals surface area contributed by atoms with Gasteiger partial charge in [-0.15, -0.1) is 21.5 Å². The smallest absolute Gasteiger partial charge is 0.214 e. The Morgan fingerprint density at radius 2 is 2.09 bits per heavy atom. The van der Waals surface area contributed by atoms with Crippen molar-refractivity contribution in [3.63, 3.8) is 0 Å². The molecule has 6 nitrogen and oxygen atoms in total. The summed E-state index contributed by atoms with van der Waals surface area (Å²) in [5, 5.41) is 19.3. The predicted octanol–water partition coefficient (Wildman–Crippen LogP) is 2.08. The molecule has 0 spiro atoms. The Balaban J connectivity index is 1.36. The fourth-order valence-electron chi connectivity index (χ4n) is 2.68. The lowest BCUT2D eigenvalue weighted by Gasteiger charge is -2.33. The maximum absolute atomic E-state index is 5.47. The highest BCUT2D eigenvalue weighted by Gasteiger charge is 2.27. The molecule has 1 aliphatic carbocycles. The molecule has 1 N–H and O–H groups in total. The Labute approximate surface area is 138 Å². The van der Waals surface area contributed by atoms with Crippen LogP contribution in [0.15, 0.2) is 17.5 Å². The number of likely N-dealkylation sites (tertiary alicyclic amines) is 1. The van der Waals surface area contributed by atoms with Gasteiger partial charge in [0.2, 0.25) is 5.82 Å². The third kappa shape index (κ3) is 2.98. The summed E-state index contributed by atoms with van der Waals surface area (Å²) in [5.74, 6) is 0.725. The summed E-state index contributed by atoms with van der Waals surface area (Å²) in [7, 11) is 0. The van der Waals surface area contributed by atoms with Crippen LogP contribution in [-0.4, -0.2) is 49.4 Å². The molecule has 22 heavy (non-hydrogen) atoms. The minimum Gasteiger partial charge on any atom is -0.360 e. The zero-order chi connectivity index (χ0) is 14.9. The van der Waals surface area contributed by atoms with Crippen molar-refractivity contribution in [3.8, 4) is 10.7 Å². The van der Waals surface area contributed by atoms with Crippen LogP contribution in [-0.2, 0) is 0 Å². The minimum absolute atomic E-state index is 0.321. The maximum Gasteiger partial charge on any atom is 0.214 e. The average Bonchev–Trinajstić information content (AvgIpc) is 3.05. The molecular weight excluding hydrogens is 316 g/mol. The molecule has 1 saturated heterocycles. The van der Waals surface area contributed by atoms with E-state index in [-0.39, 0.29) is 0 Å². The molecule has 8 heteroatoms. The fraction of sp³-hybridized carbons (Fsp3) is 0.571. The molecule has 1 saturated carbocycles. The van der Waals surface area contributed by atoms with E-state index < -0.39 is 0 Å². The van der Waals surface area contributed by atoms with E-state index in [2.05, 4.69) is 25.6 Å². The van der Waals surface area contributed by atoms with Crippen LogP contribution in [0.1, 0.15) is 31.7 Å². The van der Waals surface area contributed by atoms with Gasteiger partial charge in [-0.1, -0.05) is 6.07 Å². The fourth-order valence-corrected chi connectivity index (χ4v) is 3.67. The van der Waals surface area contributed by atoms with Gasteiger partial charge in [0.25, 0.3) is 0 Å². The van der Waals surface area contributed by atoms with Gasteiger partial charge in [0.05, 0.1) is 10.9 Å². The number of thiophene rings is 1. The van der Waals surface area contributed by atoms with Crippen LogP contribution in [0, 0.1) is 0 Å². The first kappa shape index (κ1) is 14.1. The van der Waals surface area contributed by atoms with Crippen molar-refractivity contribution in [3.05, 3.63) is 17.5 Å². The topological polar surface area (TPSA) is 58.9 Å². The van der Waals surface area contributed by atoms with Crippen molar-refractivity contribution < 1.29 is 0 Å². The van der Waals surface area contributed by atoms with Gasteiger partial charge in [-0.05, 0) is 54.6 Å². The molecule has 0 bridgehead atoms. The Hall–Kier alpha value is -1.54. The quantitative estimate of drug-likeness (QED) is 0.867. The number of tetrazole rings is 1. The first-order chi connectivity index (χ1) is 10.8. The molecule has 0 radical (unpaired) electrons. The lowest BCUT2D eigenvalue weighted by atomic mass is 10.1.